The van der Waals surface area contributed by atoms with Crippen molar-refractivity contribution in [2.24, 2.45) is 4.99 Å². The van der Waals surface area contributed by atoms with Gasteiger partial charge in [-0.25, -0.2) is 13.1 Å². The molecule has 3 N–H and O–H groups in total. The van der Waals surface area contributed by atoms with Crippen molar-refractivity contribution >= 4 is 40.0 Å². The van der Waals surface area contributed by atoms with Crippen LogP contribution in [0.1, 0.15) is 19.8 Å². The van der Waals surface area contributed by atoms with Gasteiger partial charge in [0.1, 0.15) is 5.75 Å². The first-order chi connectivity index (χ1) is 11.5. The number of benzene rings is 1. The molecule has 0 saturated heterocycles. The Morgan fingerprint density at radius 3 is 2.48 bits per heavy atom. The summed E-state index contributed by atoms with van der Waals surface area (Å²) in [7, 11) is -3.12. The van der Waals surface area contributed by atoms with E-state index in [2.05, 4.69) is 20.3 Å². The fourth-order valence-corrected chi connectivity index (χ4v) is 2.37. The van der Waals surface area contributed by atoms with Crippen LogP contribution in [-0.2, 0) is 10.0 Å². The lowest BCUT2D eigenvalue weighted by molar-refractivity contribution is 0.313. The minimum atomic E-state index is -3.12. The summed E-state index contributed by atoms with van der Waals surface area (Å²) < 4.78 is 30.0. The van der Waals surface area contributed by atoms with E-state index in [4.69, 9.17) is 4.74 Å². The van der Waals surface area contributed by atoms with Crippen LogP contribution in [0.4, 0.5) is 0 Å². The Balaban J connectivity index is 0.00000576. The molecule has 1 rings (SSSR count). The second kappa shape index (κ2) is 14.1. The maximum atomic E-state index is 11.0. The number of nitrogens with zero attached hydrogens (tertiary/aromatic N) is 1. The summed E-state index contributed by atoms with van der Waals surface area (Å²) in [6, 6.07) is 9.70. The number of sulfonamides is 1. The van der Waals surface area contributed by atoms with Gasteiger partial charge in [-0.2, -0.15) is 0 Å². The predicted octanol–water partition coefficient (Wildman–Crippen LogP) is 1.57. The average molecular weight is 484 g/mol. The maximum Gasteiger partial charge on any atom is 0.208 e. The van der Waals surface area contributed by atoms with Crippen molar-refractivity contribution in [1.82, 2.24) is 15.4 Å². The lowest BCUT2D eigenvalue weighted by Gasteiger charge is -2.11. The number of aliphatic imine (C=N–C) groups is 1. The number of ether oxygens (including phenoxy) is 1. The largest absolute Gasteiger partial charge is 0.494 e. The topological polar surface area (TPSA) is 91.8 Å². The van der Waals surface area contributed by atoms with Crippen molar-refractivity contribution in [3.63, 3.8) is 0 Å². The Morgan fingerprint density at radius 2 is 1.84 bits per heavy atom. The molecular formula is C16H29IN4O3S. The molecule has 7 nitrogen and oxygen atoms in total. The monoisotopic (exact) mass is 484 g/mol. The van der Waals surface area contributed by atoms with Crippen LogP contribution in [0.2, 0.25) is 0 Å². The van der Waals surface area contributed by atoms with Crippen molar-refractivity contribution in [3.8, 4) is 5.75 Å². The molecule has 9 heteroatoms. The van der Waals surface area contributed by atoms with Crippen LogP contribution in [0.3, 0.4) is 0 Å². The lowest BCUT2D eigenvalue weighted by atomic mass is 10.3. The maximum absolute atomic E-state index is 11.0. The first-order valence-corrected chi connectivity index (χ1v) is 10.0. The quantitative estimate of drug-likeness (QED) is 0.192. The second-order valence-electron chi connectivity index (χ2n) is 5.22. The molecule has 0 aliphatic heterocycles. The smallest absolute Gasteiger partial charge is 0.208 e. The Kier molecular flexibility index (Phi) is 13.5. The van der Waals surface area contributed by atoms with E-state index in [0.717, 1.165) is 30.9 Å². The van der Waals surface area contributed by atoms with Gasteiger partial charge in [0.25, 0.3) is 0 Å². The molecule has 0 aromatic heterocycles. The number of hydrogen-bond acceptors (Lipinski definition) is 4. The summed E-state index contributed by atoms with van der Waals surface area (Å²) in [5.74, 6) is 1.60. The minimum absolute atomic E-state index is 0. The van der Waals surface area contributed by atoms with Crippen LogP contribution in [0, 0.1) is 0 Å². The Morgan fingerprint density at radius 1 is 1.12 bits per heavy atom. The summed E-state index contributed by atoms with van der Waals surface area (Å²) in [6.07, 6.45) is 2.67. The van der Waals surface area contributed by atoms with Crippen LogP contribution in [0.25, 0.3) is 0 Å². The third kappa shape index (κ3) is 13.9. The number of halogens is 1. The van der Waals surface area contributed by atoms with Gasteiger partial charge in [-0.1, -0.05) is 18.2 Å². The first kappa shape index (κ1) is 23.9. The molecule has 1 aromatic carbocycles. The van der Waals surface area contributed by atoms with Gasteiger partial charge in [-0.15, -0.1) is 24.0 Å². The van der Waals surface area contributed by atoms with E-state index in [1.165, 1.54) is 0 Å². The van der Waals surface area contributed by atoms with E-state index in [-0.39, 0.29) is 24.0 Å². The van der Waals surface area contributed by atoms with Gasteiger partial charge in [0.15, 0.2) is 5.96 Å². The predicted molar refractivity (Wildman–Crippen MR) is 113 cm³/mol. The molecule has 0 unspecified atom stereocenters. The number of hydrogen-bond donors (Lipinski definition) is 3. The van der Waals surface area contributed by atoms with Crippen LogP contribution in [0.5, 0.6) is 5.75 Å². The molecule has 0 radical (unpaired) electrons. The minimum Gasteiger partial charge on any atom is -0.494 e. The van der Waals surface area contributed by atoms with E-state index in [1.54, 1.807) is 0 Å². The summed E-state index contributed by atoms with van der Waals surface area (Å²) in [6.45, 7) is 5.11. The summed E-state index contributed by atoms with van der Waals surface area (Å²) in [5, 5.41) is 6.34. The van der Waals surface area contributed by atoms with Gasteiger partial charge >= 0.3 is 0 Å². The highest BCUT2D eigenvalue weighted by Gasteiger charge is 2.00. The normalized spacial score (nSPS) is 11.5. The highest BCUT2D eigenvalue weighted by atomic mass is 127. The fourth-order valence-electron chi connectivity index (χ4n) is 1.86. The number of guanidine groups is 1. The molecular weight excluding hydrogens is 455 g/mol. The van der Waals surface area contributed by atoms with E-state index >= 15 is 0 Å². The molecule has 0 atom stereocenters. The van der Waals surface area contributed by atoms with Gasteiger partial charge in [-0.05, 0) is 25.5 Å². The zero-order chi connectivity index (χ0) is 17.7. The summed E-state index contributed by atoms with van der Waals surface area (Å²) in [4.78, 5) is 4.47. The zero-order valence-electron chi connectivity index (χ0n) is 14.8. The van der Waals surface area contributed by atoms with Gasteiger partial charge < -0.3 is 15.4 Å². The van der Waals surface area contributed by atoms with Crippen molar-refractivity contribution in [1.29, 1.82) is 0 Å². The van der Waals surface area contributed by atoms with Crippen molar-refractivity contribution in [3.05, 3.63) is 30.3 Å². The van der Waals surface area contributed by atoms with Gasteiger partial charge in [0.2, 0.25) is 10.0 Å². The van der Waals surface area contributed by atoms with Crippen molar-refractivity contribution < 1.29 is 13.2 Å². The van der Waals surface area contributed by atoms with E-state index < -0.39 is 10.0 Å². The fraction of sp³-hybridized carbons (Fsp3) is 0.562. The van der Waals surface area contributed by atoms with Crippen LogP contribution >= 0.6 is 24.0 Å². The highest BCUT2D eigenvalue weighted by molar-refractivity contribution is 14.0. The Hall–Kier alpha value is -1.07. The molecule has 0 heterocycles. The molecule has 25 heavy (non-hydrogen) atoms. The van der Waals surface area contributed by atoms with Gasteiger partial charge in [-0.3, -0.25) is 4.99 Å². The molecule has 144 valence electrons. The number of nitrogens with one attached hydrogen (secondary N) is 3. The number of para-hydroxylation sites is 1. The summed E-state index contributed by atoms with van der Waals surface area (Å²) >= 11 is 0. The first-order valence-electron chi connectivity index (χ1n) is 8.16. The highest BCUT2D eigenvalue weighted by Crippen LogP contribution is 2.08. The van der Waals surface area contributed by atoms with Crippen molar-refractivity contribution in [2.45, 2.75) is 19.8 Å². The Bertz CT molecular complexity index is 582. The average Bonchev–Trinajstić information content (AvgIpc) is 2.54. The third-order valence-electron chi connectivity index (χ3n) is 2.94. The van der Waals surface area contributed by atoms with Gasteiger partial charge in [0, 0.05) is 32.6 Å². The zero-order valence-corrected chi connectivity index (χ0v) is 18.0. The molecule has 0 aliphatic carbocycles. The van der Waals surface area contributed by atoms with Crippen molar-refractivity contribution in [2.75, 3.05) is 39.0 Å². The molecule has 0 spiro atoms. The van der Waals surface area contributed by atoms with Crippen LogP contribution in [0.15, 0.2) is 35.3 Å². The third-order valence-corrected chi connectivity index (χ3v) is 3.67. The number of rotatable bonds is 11. The second-order valence-corrected chi connectivity index (χ2v) is 7.06. The summed E-state index contributed by atoms with van der Waals surface area (Å²) in [5.41, 5.74) is 0. The molecule has 1 aromatic rings. The Labute approximate surface area is 168 Å². The molecule has 0 saturated carbocycles. The molecule has 0 aliphatic rings. The van der Waals surface area contributed by atoms with Crippen LogP contribution in [-0.4, -0.2) is 53.4 Å². The SMILES string of the molecule is CCNC(=NCCCOc1ccccc1)NCCCNS(C)(=O)=O.I. The molecule has 0 amide bonds. The van der Waals surface area contributed by atoms with E-state index in [9.17, 15) is 8.42 Å². The molecule has 0 bridgehead atoms. The van der Waals surface area contributed by atoms with E-state index in [1.807, 2.05) is 37.3 Å². The lowest BCUT2D eigenvalue weighted by Crippen LogP contribution is -2.38. The van der Waals surface area contributed by atoms with E-state index in [0.29, 0.717) is 32.7 Å². The van der Waals surface area contributed by atoms with Gasteiger partial charge in [0.05, 0.1) is 12.9 Å². The van der Waals surface area contributed by atoms with Crippen LogP contribution < -0.4 is 20.1 Å². The molecule has 0 fully saturated rings. The standard InChI is InChI=1S/C16H28N4O3S.HI/c1-3-17-16(18-11-7-13-20-24(2,21)22)19-12-8-14-23-15-9-5-4-6-10-15;/h4-6,9-10,20H,3,7-8,11-14H2,1-2H3,(H2,17,18,19);1H.